The van der Waals surface area contributed by atoms with Crippen molar-refractivity contribution in [1.82, 2.24) is 0 Å². The average molecular weight is 328 g/mol. The molecule has 2 saturated carbocycles. The molecule has 3 unspecified atom stereocenters. The fourth-order valence-electron chi connectivity index (χ4n) is 4.65. The van der Waals surface area contributed by atoms with Crippen LogP contribution in [0.2, 0.25) is 0 Å². The molecule has 2 fully saturated rings. The Morgan fingerprint density at radius 1 is 1.00 bits per heavy atom. The summed E-state index contributed by atoms with van der Waals surface area (Å²) >= 11 is 0. The average Bonchev–Trinajstić information content (AvgIpc) is 3.01. The molecule has 1 N–H and O–H groups in total. The normalized spacial score (nSPS) is 27.1. The summed E-state index contributed by atoms with van der Waals surface area (Å²) in [6.45, 7) is 12.8. The van der Waals surface area contributed by atoms with E-state index in [1.54, 1.807) is 0 Å². The van der Waals surface area contributed by atoms with Crippen LogP contribution in [0.3, 0.4) is 0 Å². The van der Waals surface area contributed by atoms with Crippen molar-refractivity contribution in [1.29, 1.82) is 0 Å². The van der Waals surface area contributed by atoms with Gasteiger partial charge in [0.25, 0.3) is 0 Å². The van der Waals surface area contributed by atoms with Gasteiger partial charge in [0, 0.05) is 11.8 Å². The van der Waals surface area contributed by atoms with Gasteiger partial charge in [-0.1, -0.05) is 53.7 Å². The zero-order valence-corrected chi connectivity index (χ0v) is 16.1. The van der Waals surface area contributed by atoms with Crippen molar-refractivity contribution in [3.63, 3.8) is 0 Å². The molecule has 2 bridgehead atoms. The van der Waals surface area contributed by atoms with Crippen LogP contribution in [0, 0.1) is 17.8 Å². The molecule has 2 aliphatic carbocycles. The number of phenols is 1. The quantitative estimate of drug-likeness (QED) is 0.815. The van der Waals surface area contributed by atoms with Crippen LogP contribution in [0.5, 0.6) is 5.75 Å². The molecule has 1 aromatic carbocycles. The molecular weight excluding hydrogens is 296 g/mol. The number of carbonyl (C=O) groups excluding carboxylic acids is 1. The molecule has 0 amide bonds. The Labute approximate surface area is 146 Å². The highest BCUT2D eigenvalue weighted by Crippen LogP contribution is 2.48. The third-order valence-corrected chi connectivity index (χ3v) is 6.05. The van der Waals surface area contributed by atoms with Crippen LogP contribution in [0.15, 0.2) is 12.1 Å². The molecule has 0 heterocycles. The predicted molar refractivity (Wildman–Crippen MR) is 98.5 cm³/mol. The highest BCUT2D eigenvalue weighted by atomic mass is 16.3. The Balaban J connectivity index is 2.00. The van der Waals surface area contributed by atoms with Crippen molar-refractivity contribution in [2.45, 2.75) is 78.1 Å². The highest BCUT2D eigenvalue weighted by molar-refractivity contribution is 5.87. The van der Waals surface area contributed by atoms with Crippen LogP contribution < -0.4 is 0 Å². The van der Waals surface area contributed by atoms with Crippen LogP contribution in [0.1, 0.15) is 77.5 Å². The minimum atomic E-state index is -0.112. The number of carbonyl (C=O) groups is 1. The number of hydrogen-bond donors (Lipinski definition) is 1. The largest absolute Gasteiger partial charge is 0.507 e. The number of aromatic hydroxyl groups is 1. The fraction of sp³-hybridized carbons (Fsp3) is 0.682. The maximum atomic E-state index is 12.6. The smallest absolute Gasteiger partial charge is 0.139 e. The molecule has 0 radical (unpaired) electrons. The van der Waals surface area contributed by atoms with Gasteiger partial charge >= 0.3 is 0 Å². The third kappa shape index (κ3) is 3.00. The molecular formula is C22H32O2. The standard InChI is InChI=1S/C22H32O2/c1-21(2,3)17-10-13(11-18(20(17)24)22(4,5)6)9-16-14-7-8-15(12-14)19(16)23/h10-11,14-16,24H,7-9,12H2,1-6H3. The summed E-state index contributed by atoms with van der Waals surface area (Å²) in [4.78, 5) is 12.6. The summed E-state index contributed by atoms with van der Waals surface area (Å²) in [6, 6.07) is 4.29. The van der Waals surface area contributed by atoms with Crippen molar-refractivity contribution < 1.29 is 9.90 Å². The molecule has 2 nitrogen and oxygen atoms in total. The van der Waals surface area contributed by atoms with E-state index >= 15 is 0 Å². The third-order valence-electron chi connectivity index (χ3n) is 6.05. The van der Waals surface area contributed by atoms with Gasteiger partial charge in [0.05, 0.1) is 0 Å². The van der Waals surface area contributed by atoms with E-state index in [2.05, 4.69) is 53.7 Å². The first-order chi connectivity index (χ1) is 11.0. The zero-order valence-electron chi connectivity index (χ0n) is 16.1. The van der Waals surface area contributed by atoms with E-state index in [4.69, 9.17) is 0 Å². The maximum absolute atomic E-state index is 12.6. The van der Waals surface area contributed by atoms with Gasteiger partial charge in [0.2, 0.25) is 0 Å². The fourth-order valence-corrected chi connectivity index (χ4v) is 4.65. The lowest BCUT2D eigenvalue weighted by Gasteiger charge is -2.29. The number of benzene rings is 1. The number of rotatable bonds is 2. The van der Waals surface area contributed by atoms with Crippen molar-refractivity contribution in [2.75, 3.05) is 0 Å². The lowest BCUT2D eigenvalue weighted by atomic mass is 9.76. The lowest BCUT2D eigenvalue weighted by Crippen LogP contribution is -2.25. The minimum Gasteiger partial charge on any atom is -0.507 e. The summed E-state index contributed by atoms with van der Waals surface area (Å²) in [5.41, 5.74) is 2.99. The van der Waals surface area contributed by atoms with Crippen LogP contribution in [0.4, 0.5) is 0 Å². The first-order valence-electron chi connectivity index (χ1n) is 9.39. The van der Waals surface area contributed by atoms with Gasteiger partial charge in [-0.25, -0.2) is 0 Å². The molecule has 1 aromatic rings. The number of ketones is 1. The van der Waals surface area contributed by atoms with Gasteiger partial charge in [0.1, 0.15) is 11.5 Å². The van der Waals surface area contributed by atoms with E-state index in [9.17, 15) is 9.90 Å². The van der Waals surface area contributed by atoms with E-state index in [0.717, 1.165) is 30.4 Å². The van der Waals surface area contributed by atoms with Crippen molar-refractivity contribution in [3.8, 4) is 5.75 Å². The van der Waals surface area contributed by atoms with Crippen LogP contribution in [-0.4, -0.2) is 10.9 Å². The Morgan fingerprint density at radius 3 is 1.96 bits per heavy atom. The predicted octanol–water partition coefficient (Wildman–Crippen LogP) is 5.14. The molecule has 0 spiro atoms. The highest BCUT2D eigenvalue weighted by Gasteiger charge is 2.46. The minimum absolute atomic E-state index is 0.112. The van der Waals surface area contributed by atoms with Crippen molar-refractivity contribution in [3.05, 3.63) is 28.8 Å². The monoisotopic (exact) mass is 328 g/mol. The van der Waals surface area contributed by atoms with Gasteiger partial charge < -0.3 is 5.11 Å². The Morgan fingerprint density at radius 2 is 1.54 bits per heavy atom. The van der Waals surface area contributed by atoms with E-state index in [1.165, 1.54) is 12.0 Å². The molecule has 0 aliphatic heterocycles. The van der Waals surface area contributed by atoms with E-state index in [1.807, 2.05) is 0 Å². The zero-order chi connectivity index (χ0) is 17.9. The molecule has 132 valence electrons. The maximum Gasteiger partial charge on any atom is 0.139 e. The summed E-state index contributed by atoms with van der Waals surface area (Å²) in [5.74, 6) is 2.05. The van der Waals surface area contributed by atoms with Crippen LogP contribution in [0.25, 0.3) is 0 Å². The topological polar surface area (TPSA) is 37.3 Å². The lowest BCUT2D eigenvalue weighted by molar-refractivity contribution is -0.125. The van der Waals surface area contributed by atoms with Crippen molar-refractivity contribution >= 4 is 5.78 Å². The molecule has 3 rings (SSSR count). The number of phenolic OH excluding ortho intramolecular Hbond substituents is 1. The second-order valence-corrected chi connectivity index (χ2v) is 10.0. The van der Waals surface area contributed by atoms with Gasteiger partial charge in [-0.05, 0) is 59.1 Å². The van der Waals surface area contributed by atoms with E-state index in [-0.39, 0.29) is 16.7 Å². The SMILES string of the molecule is CC(C)(C)c1cc(CC2C(=O)C3CCC2C3)cc(C(C)(C)C)c1O. The summed E-state index contributed by atoms with van der Waals surface area (Å²) < 4.78 is 0. The number of fused-ring (bicyclic) bond motifs is 2. The van der Waals surface area contributed by atoms with Gasteiger partial charge in [0.15, 0.2) is 0 Å². The second-order valence-electron chi connectivity index (χ2n) is 10.0. The number of hydrogen-bond acceptors (Lipinski definition) is 2. The van der Waals surface area contributed by atoms with Crippen LogP contribution in [-0.2, 0) is 22.0 Å². The Bertz CT molecular complexity index is 623. The molecule has 0 saturated heterocycles. The van der Waals surface area contributed by atoms with E-state index < -0.39 is 0 Å². The van der Waals surface area contributed by atoms with Gasteiger partial charge in [-0.15, -0.1) is 0 Å². The van der Waals surface area contributed by atoms with E-state index in [0.29, 0.717) is 23.4 Å². The molecule has 0 aromatic heterocycles. The molecule has 2 heteroatoms. The van der Waals surface area contributed by atoms with Gasteiger partial charge in [-0.3, -0.25) is 4.79 Å². The molecule has 3 atom stereocenters. The Hall–Kier alpha value is -1.31. The van der Waals surface area contributed by atoms with Gasteiger partial charge in [-0.2, -0.15) is 0 Å². The Kier molecular flexibility index (Phi) is 4.09. The van der Waals surface area contributed by atoms with Crippen LogP contribution >= 0.6 is 0 Å². The summed E-state index contributed by atoms with van der Waals surface area (Å²) in [7, 11) is 0. The second kappa shape index (κ2) is 5.61. The summed E-state index contributed by atoms with van der Waals surface area (Å²) in [5, 5.41) is 10.8. The summed E-state index contributed by atoms with van der Waals surface area (Å²) in [6.07, 6.45) is 4.28. The first kappa shape index (κ1) is 17.5. The van der Waals surface area contributed by atoms with Crippen molar-refractivity contribution in [2.24, 2.45) is 17.8 Å². The molecule has 24 heavy (non-hydrogen) atoms. The number of Topliss-reactive ketones (excluding diaryl/α,β-unsaturated/α-hetero) is 1. The first-order valence-corrected chi connectivity index (χ1v) is 9.39. The molecule has 2 aliphatic rings.